The average Bonchev–Trinajstić information content (AvgIpc) is 3.29. The van der Waals surface area contributed by atoms with E-state index in [1.165, 1.54) is 19.1 Å². The van der Waals surface area contributed by atoms with Crippen LogP contribution >= 0.6 is 0 Å². The lowest BCUT2D eigenvalue weighted by Gasteiger charge is -2.34. The Morgan fingerprint density at radius 2 is 1.66 bits per heavy atom. The summed E-state index contributed by atoms with van der Waals surface area (Å²) in [6.45, 7) is -0.149. The highest BCUT2D eigenvalue weighted by Crippen LogP contribution is 2.69. The fraction of sp³-hybridized carbons (Fsp3) is 0.500. The third kappa shape index (κ3) is 2.79. The van der Waals surface area contributed by atoms with Gasteiger partial charge >= 0.3 is 11.9 Å². The van der Waals surface area contributed by atoms with Crippen molar-refractivity contribution in [1.82, 2.24) is 10.2 Å². The smallest absolute Gasteiger partial charge is 0.314 e. The van der Waals surface area contributed by atoms with Crippen molar-refractivity contribution >= 4 is 23.8 Å². The number of piperidine rings is 1. The number of rotatable bonds is 4. The molecule has 0 bridgehead atoms. The van der Waals surface area contributed by atoms with Crippen molar-refractivity contribution < 1.29 is 33.4 Å². The molecule has 3 aliphatic rings. The molecular formula is C20H22N2O7. The largest absolute Gasteiger partial charge is 0.469 e. The molecule has 0 aromatic heterocycles. The first-order valence-electron chi connectivity index (χ1n) is 9.30. The number of methoxy groups -OCH3 is 2. The second-order valence-corrected chi connectivity index (χ2v) is 7.71. The van der Waals surface area contributed by atoms with Crippen LogP contribution in [0.3, 0.4) is 0 Å². The van der Waals surface area contributed by atoms with Gasteiger partial charge in [-0.3, -0.25) is 19.2 Å². The van der Waals surface area contributed by atoms with Gasteiger partial charge in [0.2, 0.25) is 5.91 Å². The Balaban J connectivity index is 1.60. The van der Waals surface area contributed by atoms with Gasteiger partial charge in [-0.25, -0.2) is 0 Å². The number of hydrogen-bond donors (Lipinski definition) is 1. The van der Waals surface area contributed by atoms with Crippen LogP contribution in [-0.4, -0.2) is 68.7 Å². The number of esters is 2. The van der Waals surface area contributed by atoms with E-state index in [2.05, 4.69) is 5.32 Å². The van der Waals surface area contributed by atoms with E-state index in [0.717, 1.165) is 5.56 Å². The number of nitrogens with zero attached hydrogens (tertiary/aromatic N) is 1. The van der Waals surface area contributed by atoms with Crippen molar-refractivity contribution in [2.75, 3.05) is 33.9 Å². The maximum atomic E-state index is 13.3. The SMILES string of the molecule is COC(=O)[C@@]12CN(C(=O)[C@H]3OCC(=O)N[C@@H]3c3ccccc3)C[C@]1(C(=O)OC)C2. The number of likely N-dealkylation sites (tertiary alicyclic amines) is 1. The minimum atomic E-state index is -1.09. The zero-order valence-corrected chi connectivity index (χ0v) is 16.2. The molecule has 2 heterocycles. The molecule has 2 aliphatic heterocycles. The molecule has 154 valence electrons. The molecule has 1 N–H and O–H groups in total. The van der Waals surface area contributed by atoms with Crippen LogP contribution in [0, 0.1) is 10.8 Å². The Labute approximate surface area is 167 Å². The van der Waals surface area contributed by atoms with E-state index < -0.39 is 40.8 Å². The van der Waals surface area contributed by atoms with Gasteiger partial charge < -0.3 is 24.4 Å². The minimum Gasteiger partial charge on any atom is -0.469 e. The molecule has 0 unspecified atom stereocenters. The first-order valence-corrected chi connectivity index (χ1v) is 9.30. The molecule has 1 aliphatic carbocycles. The van der Waals surface area contributed by atoms with Crippen LogP contribution in [0.1, 0.15) is 18.0 Å². The molecule has 4 rings (SSSR count). The number of ether oxygens (including phenoxy) is 3. The highest BCUT2D eigenvalue weighted by molar-refractivity contribution is 5.98. The van der Waals surface area contributed by atoms with Gasteiger partial charge in [0.25, 0.3) is 5.91 Å². The number of morpholine rings is 1. The molecule has 29 heavy (non-hydrogen) atoms. The second kappa shape index (κ2) is 6.84. The van der Waals surface area contributed by atoms with Crippen LogP contribution in [0.15, 0.2) is 30.3 Å². The van der Waals surface area contributed by atoms with Crippen LogP contribution in [-0.2, 0) is 33.4 Å². The van der Waals surface area contributed by atoms with Gasteiger partial charge in [0, 0.05) is 13.1 Å². The van der Waals surface area contributed by atoms with Gasteiger partial charge in [0.1, 0.15) is 17.4 Å². The summed E-state index contributed by atoms with van der Waals surface area (Å²) in [5.74, 6) is -1.77. The third-order valence-electron chi connectivity index (χ3n) is 6.20. The van der Waals surface area contributed by atoms with E-state index in [1.54, 1.807) is 24.3 Å². The maximum absolute atomic E-state index is 13.3. The van der Waals surface area contributed by atoms with E-state index in [1.807, 2.05) is 6.07 Å². The normalized spacial score (nSPS) is 32.8. The number of nitrogens with one attached hydrogen (secondary N) is 1. The molecule has 9 nitrogen and oxygen atoms in total. The minimum absolute atomic E-state index is 0.0446. The number of carbonyl (C=O) groups is 4. The maximum Gasteiger partial charge on any atom is 0.314 e. The number of benzene rings is 1. The number of amides is 2. The lowest BCUT2D eigenvalue weighted by Crippen LogP contribution is -2.53. The average molecular weight is 402 g/mol. The molecule has 2 amide bonds. The predicted octanol–water partition coefficient (Wildman–Crippen LogP) is -0.193. The summed E-state index contributed by atoms with van der Waals surface area (Å²) in [5, 5.41) is 2.80. The first kappa shape index (κ1) is 19.4. The van der Waals surface area contributed by atoms with Crippen LogP contribution < -0.4 is 5.32 Å². The zero-order valence-electron chi connectivity index (χ0n) is 16.2. The van der Waals surface area contributed by atoms with Crippen molar-refractivity contribution in [3.8, 4) is 0 Å². The van der Waals surface area contributed by atoms with E-state index in [4.69, 9.17) is 14.2 Å². The van der Waals surface area contributed by atoms with Crippen molar-refractivity contribution in [2.45, 2.75) is 18.6 Å². The fourth-order valence-electron chi connectivity index (χ4n) is 4.67. The molecule has 2 saturated heterocycles. The molecule has 4 atom stereocenters. The van der Waals surface area contributed by atoms with Crippen molar-refractivity contribution in [1.29, 1.82) is 0 Å². The van der Waals surface area contributed by atoms with E-state index >= 15 is 0 Å². The molecule has 1 aromatic carbocycles. The Bertz CT molecular complexity index is 843. The number of fused-ring (bicyclic) bond motifs is 1. The summed E-state index contributed by atoms with van der Waals surface area (Å²) in [5.41, 5.74) is -1.45. The van der Waals surface area contributed by atoms with Crippen LogP contribution in [0.2, 0.25) is 0 Å². The van der Waals surface area contributed by atoms with Crippen LogP contribution in [0.25, 0.3) is 0 Å². The lowest BCUT2D eigenvalue weighted by molar-refractivity contribution is -0.155. The molecule has 3 fully saturated rings. The summed E-state index contributed by atoms with van der Waals surface area (Å²) in [6.07, 6.45) is -0.676. The van der Waals surface area contributed by atoms with Gasteiger partial charge in [-0.1, -0.05) is 30.3 Å². The van der Waals surface area contributed by atoms with E-state index in [9.17, 15) is 19.2 Å². The van der Waals surface area contributed by atoms with Gasteiger partial charge in [0.15, 0.2) is 6.10 Å². The molecule has 9 heteroatoms. The standard InChI is InChI=1S/C20H22N2O7/c1-27-17(25)19-9-20(19,18(26)28-2)11-22(10-19)16(24)15-14(21-13(23)8-29-15)12-6-4-3-5-7-12/h3-7,14-15H,8-11H2,1-2H3,(H,21,23)/t14-,15+,19-,20+/m1/s1. The lowest BCUT2D eigenvalue weighted by atomic mass is 9.96. The second-order valence-electron chi connectivity index (χ2n) is 7.71. The Hall–Kier alpha value is -2.94. The zero-order chi connectivity index (χ0) is 20.8. The monoisotopic (exact) mass is 402 g/mol. The highest BCUT2D eigenvalue weighted by Gasteiger charge is 2.82. The quantitative estimate of drug-likeness (QED) is 0.695. The van der Waals surface area contributed by atoms with Gasteiger partial charge in [-0.15, -0.1) is 0 Å². The summed E-state index contributed by atoms with van der Waals surface area (Å²) < 4.78 is 15.4. The predicted molar refractivity (Wildman–Crippen MR) is 97.2 cm³/mol. The Kier molecular flexibility index (Phi) is 4.57. The molecule has 1 saturated carbocycles. The first-order chi connectivity index (χ1) is 13.9. The summed E-state index contributed by atoms with van der Waals surface area (Å²) >= 11 is 0. The van der Waals surface area contributed by atoms with Crippen LogP contribution in [0.5, 0.6) is 0 Å². The van der Waals surface area contributed by atoms with Gasteiger partial charge in [-0.2, -0.15) is 0 Å². The summed E-state index contributed by atoms with van der Waals surface area (Å²) in [4.78, 5) is 51.5. The molecular weight excluding hydrogens is 380 g/mol. The number of hydrogen-bond acceptors (Lipinski definition) is 7. The van der Waals surface area contributed by atoms with Gasteiger partial charge in [0.05, 0.1) is 20.3 Å². The fourth-order valence-corrected chi connectivity index (χ4v) is 4.67. The summed E-state index contributed by atoms with van der Waals surface area (Å²) in [7, 11) is 2.51. The number of carbonyl (C=O) groups excluding carboxylic acids is 4. The van der Waals surface area contributed by atoms with Crippen LogP contribution in [0.4, 0.5) is 0 Å². The Morgan fingerprint density at radius 3 is 2.21 bits per heavy atom. The van der Waals surface area contributed by atoms with Crippen molar-refractivity contribution in [2.24, 2.45) is 10.8 Å². The molecule has 1 aromatic rings. The topological polar surface area (TPSA) is 111 Å². The Morgan fingerprint density at radius 1 is 1.07 bits per heavy atom. The van der Waals surface area contributed by atoms with E-state index in [-0.39, 0.29) is 32.0 Å². The van der Waals surface area contributed by atoms with Crippen molar-refractivity contribution in [3.05, 3.63) is 35.9 Å². The third-order valence-corrected chi connectivity index (χ3v) is 6.20. The molecule has 0 radical (unpaired) electrons. The van der Waals surface area contributed by atoms with Crippen molar-refractivity contribution in [3.63, 3.8) is 0 Å². The highest BCUT2D eigenvalue weighted by atomic mass is 16.5. The molecule has 0 spiro atoms. The van der Waals surface area contributed by atoms with Gasteiger partial charge in [-0.05, 0) is 12.0 Å². The van der Waals surface area contributed by atoms with E-state index in [0.29, 0.717) is 0 Å². The summed E-state index contributed by atoms with van der Waals surface area (Å²) in [6, 6.07) is 8.38.